The van der Waals surface area contributed by atoms with Crippen molar-refractivity contribution < 1.29 is 18.7 Å². The highest BCUT2D eigenvalue weighted by molar-refractivity contribution is 5.82. The minimum Gasteiger partial charge on any atom is -0.493 e. The summed E-state index contributed by atoms with van der Waals surface area (Å²) in [5.74, 6) is 2.72. The zero-order chi connectivity index (χ0) is 22.0. The molecule has 0 amide bonds. The molecule has 10 heteroatoms. The summed E-state index contributed by atoms with van der Waals surface area (Å²) < 4.78 is 23.1. The Morgan fingerprint density at radius 2 is 1.77 bits per heavy atom. The first-order valence-corrected chi connectivity index (χ1v) is 10.3. The van der Waals surface area contributed by atoms with E-state index in [1.54, 1.807) is 23.8 Å². The molecule has 0 atom stereocenters. The Morgan fingerprint density at radius 1 is 1.06 bits per heavy atom. The van der Waals surface area contributed by atoms with Crippen LogP contribution in [0.1, 0.15) is 37.3 Å². The maximum Gasteiger partial charge on any atom is 0.261 e. The molecule has 0 unspecified atom stereocenters. The van der Waals surface area contributed by atoms with E-state index in [-0.39, 0.29) is 18.0 Å². The summed E-state index contributed by atoms with van der Waals surface area (Å²) in [6, 6.07) is 3.39. The van der Waals surface area contributed by atoms with E-state index in [9.17, 15) is 4.79 Å². The Hall–Kier alpha value is -2.98. The van der Waals surface area contributed by atoms with Crippen molar-refractivity contribution in [3.63, 3.8) is 0 Å². The lowest BCUT2D eigenvalue weighted by atomic mass is 10.2. The third kappa shape index (κ3) is 4.40. The van der Waals surface area contributed by atoms with E-state index in [2.05, 4.69) is 15.0 Å². The molecule has 31 heavy (non-hydrogen) atoms. The predicted octanol–water partition coefficient (Wildman–Crippen LogP) is 1.80. The van der Waals surface area contributed by atoms with Gasteiger partial charge in [-0.3, -0.25) is 14.3 Å². The molecule has 0 spiro atoms. The highest BCUT2D eigenvalue weighted by Gasteiger charge is 2.20. The quantitative estimate of drug-likeness (QED) is 0.556. The number of fused-ring (bicyclic) bond motifs is 1. The minimum absolute atomic E-state index is 0.109. The molecule has 1 fully saturated rings. The van der Waals surface area contributed by atoms with E-state index >= 15 is 0 Å². The van der Waals surface area contributed by atoms with Crippen LogP contribution in [0.25, 0.3) is 10.9 Å². The number of aromatic nitrogens is 4. The van der Waals surface area contributed by atoms with Crippen LogP contribution in [-0.4, -0.2) is 65.1 Å². The van der Waals surface area contributed by atoms with Gasteiger partial charge in [-0.25, -0.2) is 4.98 Å². The molecule has 0 saturated carbocycles. The second kappa shape index (κ2) is 9.03. The molecule has 0 aliphatic carbocycles. The van der Waals surface area contributed by atoms with Crippen molar-refractivity contribution in [2.75, 3.05) is 40.5 Å². The summed E-state index contributed by atoms with van der Waals surface area (Å²) in [6.45, 7) is 7.51. The third-order valence-electron chi connectivity index (χ3n) is 5.28. The van der Waals surface area contributed by atoms with Crippen LogP contribution in [0, 0.1) is 0 Å². The molecule has 4 rings (SSSR count). The average Bonchev–Trinajstić information content (AvgIpc) is 3.25. The number of ether oxygens (including phenoxy) is 3. The zero-order valence-corrected chi connectivity index (χ0v) is 18.3. The molecule has 1 aliphatic heterocycles. The van der Waals surface area contributed by atoms with Crippen molar-refractivity contribution in [2.45, 2.75) is 32.9 Å². The lowest BCUT2D eigenvalue weighted by molar-refractivity contribution is 0.0325. The normalized spacial score (nSPS) is 15.0. The van der Waals surface area contributed by atoms with Crippen molar-refractivity contribution in [3.8, 4) is 11.5 Å². The SMILES string of the molecule is COc1cc2nc(CN3CCOCC3)n(Cc3noc(C(C)C)n3)c(=O)c2cc1OC. The molecular formula is C21H27N5O5. The van der Waals surface area contributed by atoms with Crippen LogP contribution < -0.4 is 15.0 Å². The molecule has 2 aromatic heterocycles. The lowest BCUT2D eigenvalue weighted by Gasteiger charge is -2.27. The Morgan fingerprint density at radius 3 is 2.42 bits per heavy atom. The third-order valence-corrected chi connectivity index (χ3v) is 5.28. The van der Waals surface area contributed by atoms with Gasteiger partial charge in [-0.15, -0.1) is 0 Å². The van der Waals surface area contributed by atoms with Gasteiger partial charge in [-0.1, -0.05) is 19.0 Å². The summed E-state index contributed by atoms with van der Waals surface area (Å²) in [5, 5.41) is 4.49. The first-order valence-electron chi connectivity index (χ1n) is 10.3. The monoisotopic (exact) mass is 429 g/mol. The lowest BCUT2D eigenvalue weighted by Crippen LogP contribution is -2.38. The number of rotatable bonds is 7. The molecule has 3 aromatic rings. The van der Waals surface area contributed by atoms with E-state index in [0.717, 1.165) is 13.1 Å². The van der Waals surface area contributed by atoms with E-state index < -0.39 is 0 Å². The van der Waals surface area contributed by atoms with Gasteiger partial charge in [-0.05, 0) is 6.07 Å². The first kappa shape index (κ1) is 21.3. The predicted molar refractivity (Wildman–Crippen MR) is 113 cm³/mol. The van der Waals surface area contributed by atoms with Crippen LogP contribution >= 0.6 is 0 Å². The zero-order valence-electron chi connectivity index (χ0n) is 18.3. The van der Waals surface area contributed by atoms with Crippen molar-refractivity contribution >= 4 is 10.9 Å². The maximum atomic E-state index is 13.5. The molecule has 166 valence electrons. The Labute approximate surface area is 179 Å². The van der Waals surface area contributed by atoms with Gasteiger partial charge in [0.05, 0.1) is 51.4 Å². The van der Waals surface area contributed by atoms with Gasteiger partial charge in [0.15, 0.2) is 17.3 Å². The van der Waals surface area contributed by atoms with Gasteiger partial charge in [0.2, 0.25) is 5.89 Å². The van der Waals surface area contributed by atoms with Crippen molar-refractivity contribution in [1.82, 2.24) is 24.6 Å². The highest BCUT2D eigenvalue weighted by atomic mass is 16.5. The fourth-order valence-corrected chi connectivity index (χ4v) is 3.54. The molecule has 0 bridgehead atoms. The van der Waals surface area contributed by atoms with Crippen LogP contribution in [0.5, 0.6) is 11.5 Å². The molecule has 1 saturated heterocycles. The molecule has 1 aliphatic rings. The van der Waals surface area contributed by atoms with Crippen LogP contribution in [0.3, 0.4) is 0 Å². The van der Waals surface area contributed by atoms with Crippen LogP contribution in [-0.2, 0) is 17.8 Å². The fourth-order valence-electron chi connectivity index (χ4n) is 3.54. The van der Waals surface area contributed by atoms with Crippen LogP contribution in [0.2, 0.25) is 0 Å². The van der Waals surface area contributed by atoms with Crippen molar-refractivity contribution in [3.05, 3.63) is 40.0 Å². The van der Waals surface area contributed by atoms with Crippen molar-refractivity contribution in [1.29, 1.82) is 0 Å². The second-order valence-corrected chi connectivity index (χ2v) is 7.74. The summed E-state index contributed by atoms with van der Waals surface area (Å²) in [7, 11) is 3.09. The number of benzene rings is 1. The highest BCUT2D eigenvalue weighted by Crippen LogP contribution is 2.30. The Bertz CT molecular complexity index is 1120. The fraction of sp³-hybridized carbons (Fsp3) is 0.524. The molecule has 10 nitrogen and oxygen atoms in total. The Kier molecular flexibility index (Phi) is 6.19. The van der Waals surface area contributed by atoms with Crippen LogP contribution in [0.15, 0.2) is 21.5 Å². The van der Waals surface area contributed by atoms with E-state index in [1.807, 2.05) is 13.8 Å². The molecule has 3 heterocycles. The Balaban J connectivity index is 1.81. The first-order chi connectivity index (χ1) is 15.0. The number of hydrogen-bond acceptors (Lipinski definition) is 9. The van der Waals surface area contributed by atoms with Gasteiger partial charge in [0.25, 0.3) is 5.56 Å². The second-order valence-electron chi connectivity index (χ2n) is 7.74. The molecule has 0 radical (unpaired) electrons. The van der Waals surface area contributed by atoms with E-state index in [0.29, 0.717) is 59.7 Å². The summed E-state index contributed by atoms with van der Waals surface area (Å²) in [6.07, 6.45) is 0. The summed E-state index contributed by atoms with van der Waals surface area (Å²) in [5.41, 5.74) is 0.364. The largest absolute Gasteiger partial charge is 0.493 e. The minimum atomic E-state index is -0.190. The number of methoxy groups -OCH3 is 2. The topological polar surface area (TPSA) is 105 Å². The van der Waals surface area contributed by atoms with Gasteiger partial charge in [-0.2, -0.15) is 4.98 Å². The number of morpholine rings is 1. The summed E-state index contributed by atoms with van der Waals surface area (Å²) in [4.78, 5) is 25.0. The van der Waals surface area contributed by atoms with Gasteiger partial charge in [0.1, 0.15) is 5.82 Å². The number of nitrogens with zero attached hydrogens (tertiary/aromatic N) is 5. The van der Waals surface area contributed by atoms with Gasteiger partial charge < -0.3 is 18.7 Å². The van der Waals surface area contributed by atoms with Gasteiger partial charge >= 0.3 is 0 Å². The molecular weight excluding hydrogens is 402 g/mol. The van der Waals surface area contributed by atoms with E-state index in [4.69, 9.17) is 23.7 Å². The molecule has 1 aromatic carbocycles. The maximum absolute atomic E-state index is 13.5. The molecule has 0 N–H and O–H groups in total. The summed E-state index contributed by atoms with van der Waals surface area (Å²) >= 11 is 0. The smallest absolute Gasteiger partial charge is 0.261 e. The average molecular weight is 429 g/mol. The van der Waals surface area contributed by atoms with Gasteiger partial charge in [0, 0.05) is 25.1 Å². The van der Waals surface area contributed by atoms with Crippen LogP contribution in [0.4, 0.5) is 0 Å². The van der Waals surface area contributed by atoms with E-state index in [1.165, 1.54) is 7.11 Å². The standard InChI is InChI=1S/C21H27N5O5/c1-13(2)20-23-18(24-31-20)11-26-19(12-25-5-7-30-8-6-25)22-15-10-17(29-4)16(28-3)9-14(15)21(26)27/h9-10,13H,5-8,11-12H2,1-4H3. The number of hydrogen-bond donors (Lipinski definition) is 0. The van der Waals surface area contributed by atoms with Crippen molar-refractivity contribution in [2.24, 2.45) is 0 Å².